The summed E-state index contributed by atoms with van der Waals surface area (Å²) in [4.78, 5) is 3.89. The fourth-order valence-electron chi connectivity index (χ4n) is 0.845. The molecule has 0 fully saturated rings. The van der Waals surface area contributed by atoms with Crippen LogP contribution in [0.25, 0.3) is 0 Å². The lowest BCUT2D eigenvalue weighted by Gasteiger charge is -1.97. The Balaban J connectivity index is 3.06. The van der Waals surface area contributed by atoms with E-state index in [2.05, 4.69) is 4.98 Å². The van der Waals surface area contributed by atoms with Crippen molar-refractivity contribution in [3.63, 3.8) is 0 Å². The van der Waals surface area contributed by atoms with E-state index < -0.39 is 6.67 Å². The summed E-state index contributed by atoms with van der Waals surface area (Å²) < 4.78 is 12.0. The number of halogens is 1. The van der Waals surface area contributed by atoms with Gasteiger partial charge >= 0.3 is 0 Å². The third-order valence-corrected chi connectivity index (χ3v) is 1.19. The van der Waals surface area contributed by atoms with Crippen LogP contribution in [0.4, 0.5) is 10.2 Å². The van der Waals surface area contributed by atoms with Crippen molar-refractivity contribution in [2.24, 2.45) is 0 Å². The molecule has 0 aliphatic heterocycles. The van der Waals surface area contributed by atoms with Crippen LogP contribution < -0.4 is 5.73 Å². The molecule has 1 aromatic rings. The van der Waals surface area contributed by atoms with Gasteiger partial charge in [0.2, 0.25) is 0 Å². The topological polar surface area (TPSA) is 38.9 Å². The highest BCUT2D eigenvalue weighted by atomic mass is 19.1. The van der Waals surface area contributed by atoms with Crippen LogP contribution in [-0.2, 0) is 6.67 Å². The standard InChI is InChI=1S/C7H9FN2/c1-5-2-6(4-8)3-7(9)10-5/h2-3H,4H2,1H3,(H2,9,10). The Morgan fingerprint density at radius 1 is 1.60 bits per heavy atom. The van der Waals surface area contributed by atoms with Gasteiger partial charge in [0.25, 0.3) is 0 Å². The molecule has 1 heterocycles. The predicted octanol–water partition coefficient (Wildman–Crippen LogP) is 1.44. The lowest BCUT2D eigenvalue weighted by molar-refractivity contribution is 0.485. The summed E-state index contributed by atoms with van der Waals surface area (Å²) in [5.41, 5.74) is 6.70. The van der Waals surface area contributed by atoms with Crippen LogP contribution in [0.3, 0.4) is 0 Å². The number of hydrogen-bond acceptors (Lipinski definition) is 2. The number of aryl methyl sites for hydroxylation is 1. The van der Waals surface area contributed by atoms with Gasteiger partial charge in [0, 0.05) is 5.69 Å². The predicted molar refractivity (Wildman–Crippen MR) is 38.2 cm³/mol. The zero-order valence-electron chi connectivity index (χ0n) is 5.76. The van der Waals surface area contributed by atoms with Crippen LogP contribution in [0, 0.1) is 6.92 Å². The normalized spacial score (nSPS) is 9.80. The molecule has 0 saturated heterocycles. The summed E-state index contributed by atoms with van der Waals surface area (Å²) in [6, 6.07) is 3.21. The maximum absolute atomic E-state index is 12.0. The molecule has 54 valence electrons. The van der Waals surface area contributed by atoms with Gasteiger partial charge in [-0.05, 0) is 24.6 Å². The number of aromatic nitrogens is 1. The molecule has 0 amide bonds. The molecule has 1 aromatic heterocycles. The fourth-order valence-corrected chi connectivity index (χ4v) is 0.845. The smallest absolute Gasteiger partial charge is 0.123 e. The molecule has 0 aliphatic rings. The maximum atomic E-state index is 12.0. The van der Waals surface area contributed by atoms with E-state index in [0.29, 0.717) is 11.4 Å². The van der Waals surface area contributed by atoms with Crippen molar-refractivity contribution in [3.8, 4) is 0 Å². The van der Waals surface area contributed by atoms with Gasteiger partial charge in [-0.25, -0.2) is 9.37 Å². The first-order valence-electron chi connectivity index (χ1n) is 3.01. The van der Waals surface area contributed by atoms with Gasteiger partial charge in [0.15, 0.2) is 0 Å². The number of hydrogen-bond donors (Lipinski definition) is 1. The van der Waals surface area contributed by atoms with Gasteiger partial charge in [-0.2, -0.15) is 0 Å². The number of alkyl halides is 1. The van der Waals surface area contributed by atoms with Crippen molar-refractivity contribution in [1.82, 2.24) is 4.98 Å². The monoisotopic (exact) mass is 140 g/mol. The van der Waals surface area contributed by atoms with Gasteiger partial charge < -0.3 is 5.73 Å². The summed E-state index contributed by atoms with van der Waals surface area (Å²) in [6.07, 6.45) is 0. The molecule has 1 rings (SSSR count). The number of rotatable bonds is 1. The van der Waals surface area contributed by atoms with Crippen molar-refractivity contribution in [2.75, 3.05) is 5.73 Å². The summed E-state index contributed by atoms with van der Waals surface area (Å²) in [5, 5.41) is 0. The van der Waals surface area contributed by atoms with Crippen LogP contribution in [-0.4, -0.2) is 4.98 Å². The second kappa shape index (κ2) is 2.64. The molecule has 0 aliphatic carbocycles. The molecule has 0 radical (unpaired) electrons. The zero-order chi connectivity index (χ0) is 7.56. The van der Waals surface area contributed by atoms with E-state index in [0.717, 1.165) is 5.69 Å². The van der Waals surface area contributed by atoms with Crippen molar-refractivity contribution >= 4 is 5.82 Å². The van der Waals surface area contributed by atoms with E-state index in [1.807, 2.05) is 0 Å². The van der Waals surface area contributed by atoms with E-state index in [1.165, 1.54) is 6.07 Å². The summed E-state index contributed by atoms with van der Waals surface area (Å²) >= 11 is 0. The number of nitrogens with two attached hydrogens (primary N) is 1. The molecule has 0 aromatic carbocycles. The minimum Gasteiger partial charge on any atom is -0.384 e. The first-order valence-corrected chi connectivity index (χ1v) is 3.01. The molecule has 3 heteroatoms. The Morgan fingerprint density at radius 2 is 2.30 bits per heavy atom. The number of nitrogens with zero attached hydrogens (tertiary/aromatic N) is 1. The number of anilines is 1. The molecule has 0 saturated carbocycles. The van der Waals surface area contributed by atoms with Gasteiger partial charge in [-0.3, -0.25) is 0 Å². The highest BCUT2D eigenvalue weighted by molar-refractivity contribution is 5.34. The lowest BCUT2D eigenvalue weighted by Crippen LogP contribution is -1.93. The van der Waals surface area contributed by atoms with Crippen molar-refractivity contribution in [2.45, 2.75) is 13.6 Å². The molecule has 2 N–H and O–H groups in total. The van der Waals surface area contributed by atoms with Gasteiger partial charge in [-0.1, -0.05) is 0 Å². The molecule has 0 bridgehead atoms. The average Bonchev–Trinajstić information content (AvgIpc) is 1.85. The highest BCUT2D eigenvalue weighted by Crippen LogP contribution is 2.07. The first-order chi connectivity index (χ1) is 4.72. The van der Waals surface area contributed by atoms with Gasteiger partial charge in [0.05, 0.1) is 0 Å². The second-order valence-electron chi connectivity index (χ2n) is 2.18. The third-order valence-electron chi connectivity index (χ3n) is 1.19. The van der Waals surface area contributed by atoms with Crippen LogP contribution in [0.2, 0.25) is 0 Å². The zero-order valence-corrected chi connectivity index (χ0v) is 5.76. The Labute approximate surface area is 58.9 Å². The number of pyridine rings is 1. The largest absolute Gasteiger partial charge is 0.384 e. The molecule has 0 atom stereocenters. The van der Waals surface area contributed by atoms with E-state index in [9.17, 15) is 4.39 Å². The molecule has 0 spiro atoms. The van der Waals surface area contributed by atoms with E-state index in [1.54, 1.807) is 13.0 Å². The summed E-state index contributed by atoms with van der Waals surface area (Å²) in [7, 11) is 0. The van der Waals surface area contributed by atoms with E-state index in [4.69, 9.17) is 5.73 Å². The second-order valence-corrected chi connectivity index (χ2v) is 2.18. The Hall–Kier alpha value is -1.12. The quantitative estimate of drug-likeness (QED) is 0.641. The molecular formula is C7H9FN2. The molecular weight excluding hydrogens is 131 g/mol. The van der Waals surface area contributed by atoms with Crippen molar-refractivity contribution in [3.05, 3.63) is 23.4 Å². The SMILES string of the molecule is Cc1cc(CF)cc(N)n1. The summed E-state index contributed by atoms with van der Waals surface area (Å²) in [6.45, 7) is 1.31. The van der Waals surface area contributed by atoms with Crippen LogP contribution in [0.15, 0.2) is 12.1 Å². The van der Waals surface area contributed by atoms with Gasteiger partial charge in [0.1, 0.15) is 12.5 Å². The Morgan fingerprint density at radius 3 is 2.80 bits per heavy atom. The molecule has 0 unspecified atom stereocenters. The van der Waals surface area contributed by atoms with Crippen molar-refractivity contribution in [1.29, 1.82) is 0 Å². The van der Waals surface area contributed by atoms with Crippen LogP contribution >= 0.6 is 0 Å². The lowest BCUT2D eigenvalue weighted by atomic mass is 10.2. The molecule has 2 nitrogen and oxygen atoms in total. The van der Waals surface area contributed by atoms with Gasteiger partial charge in [-0.15, -0.1) is 0 Å². The Bertz CT molecular complexity index is 215. The van der Waals surface area contributed by atoms with Crippen LogP contribution in [0.1, 0.15) is 11.3 Å². The van der Waals surface area contributed by atoms with Crippen LogP contribution in [0.5, 0.6) is 0 Å². The highest BCUT2D eigenvalue weighted by Gasteiger charge is 1.94. The van der Waals surface area contributed by atoms with Crippen molar-refractivity contribution < 1.29 is 4.39 Å². The number of nitrogen functional groups attached to an aromatic ring is 1. The van der Waals surface area contributed by atoms with E-state index >= 15 is 0 Å². The Kier molecular flexibility index (Phi) is 1.85. The summed E-state index contributed by atoms with van der Waals surface area (Å²) in [5.74, 6) is 0.382. The minimum atomic E-state index is -0.479. The molecule has 10 heavy (non-hydrogen) atoms. The average molecular weight is 140 g/mol. The fraction of sp³-hybridized carbons (Fsp3) is 0.286. The maximum Gasteiger partial charge on any atom is 0.123 e. The van der Waals surface area contributed by atoms with E-state index in [-0.39, 0.29) is 0 Å². The first kappa shape index (κ1) is 6.99. The third kappa shape index (κ3) is 1.43. The minimum absolute atomic E-state index is 0.382.